The molecule has 2 unspecified atom stereocenters. The van der Waals surface area contributed by atoms with Gasteiger partial charge in [0.2, 0.25) is 0 Å². The number of phosphoric acid groups is 1. The number of hydrogen-bond acceptors (Lipinski definition) is 5. The van der Waals surface area contributed by atoms with Gasteiger partial charge in [0.25, 0.3) is 0 Å². The summed E-state index contributed by atoms with van der Waals surface area (Å²) in [6.45, 7) is 9.24. The monoisotopic (exact) mass is 448 g/mol. The zero-order valence-corrected chi connectivity index (χ0v) is 20.1. The Balaban J connectivity index is 2.73. The van der Waals surface area contributed by atoms with Gasteiger partial charge in [-0.05, 0) is 48.9 Å². The van der Waals surface area contributed by atoms with Gasteiger partial charge in [-0.2, -0.15) is 0 Å². The van der Waals surface area contributed by atoms with Gasteiger partial charge in [0.1, 0.15) is 5.82 Å². The van der Waals surface area contributed by atoms with Crippen molar-refractivity contribution in [2.45, 2.75) is 84.0 Å². The van der Waals surface area contributed by atoms with E-state index in [9.17, 15) is 8.96 Å². The van der Waals surface area contributed by atoms with E-state index in [-0.39, 0.29) is 5.82 Å². The summed E-state index contributed by atoms with van der Waals surface area (Å²) in [6.07, 6.45) is 8.46. The van der Waals surface area contributed by atoms with Gasteiger partial charge in [0.05, 0.1) is 13.2 Å². The molecule has 0 aliphatic heterocycles. The van der Waals surface area contributed by atoms with Crippen LogP contribution in [0.2, 0.25) is 0 Å². The summed E-state index contributed by atoms with van der Waals surface area (Å²) < 4.78 is 43.4. The van der Waals surface area contributed by atoms with Gasteiger partial charge < -0.3 is 0 Å². The van der Waals surface area contributed by atoms with Crippen LogP contribution < -0.4 is 0 Å². The van der Waals surface area contributed by atoms with Gasteiger partial charge in [-0.15, -0.1) is 0 Å². The fourth-order valence-corrected chi connectivity index (χ4v) is 5.01. The van der Waals surface area contributed by atoms with Crippen molar-refractivity contribution < 1.29 is 22.0 Å². The first kappa shape index (κ1) is 26.6. The van der Waals surface area contributed by atoms with E-state index in [1.807, 2.05) is 0 Å². The van der Waals surface area contributed by atoms with Crippen molar-refractivity contribution in [3.63, 3.8) is 0 Å². The number of rotatable bonds is 17. The van der Waals surface area contributed by atoms with E-state index in [0.717, 1.165) is 63.4 Å². The van der Waals surface area contributed by atoms with E-state index < -0.39 is 7.82 Å². The molecular weight excluding hydrogens is 410 g/mol. The highest BCUT2D eigenvalue weighted by atomic mass is 32.2. The molecule has 0 aliphatic carbocycles. The highest BCUT2D eigenvalue weighted by Crippen LogP contribution is 2.55. The molecule has 0 saturated carbocycles. The molecule has 0 aromatic heterocycles. The average Bonchev–Trinajstić information content (AvgIpc) is 2.74. The molecule has 7 heteroatoms. The van der Waals surface area contributed by atoms with Crippen LogP contribution in [0, 0.1) is 17.7 Å². The maximum atomic E-state index is 13.3. The predicted molar refractivity (Wildman–Crippen MR) is 119 cm³/mol. The van der Waals surface area contributed by atoms with Crippen LogP contribution in [0.4, 0.5) is 4.39 Å². The van der Waals surface area contributed by atoms with E-state index in [0.29, 0.717) is 29.9 Å². The van der Waals surface area contributed by atoms with Gasteiger partial charge >= 0.3 is 7.82 Å². The molecule has 1 aromatic rings. The molecule has 1 aromatic carbocycles. The SMILES string of the molecule is CCCCC(CC)COP(=O)(OCC(CC)CCCC)OSc1ccc(F)cc1. The molecule has 0 bridgehead atoms. The molecule has 1 rings (SSSR count). The number of benzene rings is 1. The topological polar surface area (TPSA) is 44.8 Å². The number of phosphoric ester groups is 1. The minimum absolute atomic E-state index is 0.326. The van der Waals surface area contributed by atoms with Crippen LogP contribution in [0.3, 0.4) is 0 Å². The molecule has 0 heterocycles. The van der Waals surface area contributed by atoms with Crippen LogP contribution >= 0.6 is 19.9 Å². The Bertz CT molecular complexity index is 561. The molecule has 0 fully saturated rings. The van der Waals surface area contributed by atoms with Crippen molar-refractivity contribution in [2.24, 2.45) is 11.8 Å². The number of halogens is 1. The third kappa shape index (κ3) is 11.5. The summed E-state index contributed by atoms with van der Waals surface area (Å²) in [4.78, 5) is 0.648. The van der Waals surface area contributed by atoms with Crippen LogP contribution in [0.1, 0.15) is 79.1 Å². The Kier molecular flexibility index (Phi) is 14.2. The maximum Gasteiger partial charge on any atom is 0.486 e. The normalized spacial score (nSPS) is 15.8. The van der Waals surface area contributed by atoms with Gasteiger partial charge in [-0.25, -0.2) is 12.9 Å². The Hall–Kier alpha value is -0.390. The zero-order chi connectivity index (χ0) is 21.5. The molecule has 0 aliphatic rings. The van der Waals surface area contributed by atoms with E-state index in [2.05, 4.69) is 27.7 Å². The summed E-state index contributed by atoms with van der Waals surface area (Å²) in [5.41, 5.74) is 0. The lowest BCUT2D eigenvalue weighted by molar-refractivity contribution is 0.120. The zero-order valence-electron chi connectivity index (χ0n) is 18.4. The van der Waals surface area contributed by atoms with Crippen LogP contribution in [0.5, 0.6) is 0 Å². The molecule has 0 N–H and O–H groups in total. The molecular formula is C22H38FO4PS. The summed E-state index contributed by atoms with van der Waals surface area (Å²) >= 11 is 0.911. The van der Waals surface area contributed by atoms with Crippen LogP contribution in [-0.2, 0) is 17.6 Å². The fourth-order valence-electron chi connectivity index (χ4n) is 2.85. The summed E-state index contributed by atoms with van der Waals surface area (Å²) in [6, 6.07) is 5.84. The van der Waals surface area contributed by atoms with Crippen LogP contribution in [-0.4, -0.2) is 13.2 Å². The lowest BCUT2D eigenvalue weighted by Crippen LogP contribution is -2.12. The van der Waals surface area contributed by atoms with E-state index in [4.69, 9.17) is 13.0 Å². The van der Waals surface area contributed by atoms with Gasteiger partial charge in [0, 0.05) is 16.9 Å². The lowest BCUT2D eigenvalue weighted by atomic mass is 10.0. The van der Waals surface area contributed by atoms with Crippen molar-refractivity contribution >= 4 is 19.9 Å². The Labute approximate surface area is 181 Å². The molecule has 0 amide bonds. The minimum Gasteiger partial charge on any atom is -0.286 e. The summed E-state index contributed by atoms with van der Waals surface area (Å²) in [7, 11) is -3.73. The van der Waals surface area contributed by atoms with Crippen LogP contribution in [0.25, 0.3) is 0 Å². The third-order valence-electron chi connectivity index (χ3n) is 5.06. The first-order valence-electron chi connectivity index (χ1n) is 11.0. The Morgan fingerprint density at radius 1 is 0.897 bits per heavy atom. The van der Waals surface area contributed by atoms with Gasteiger partial charge in [-0.1, -0.05) is 66.2 Å². The highest BCUT2D eigenvalue weighted by Gasteiger charge is 2.30. The molecule has 29 heavy (non-hydrogen) atoms. The lowest BCUT2D eigenvalue weighted by Gasteiger charge is -2.22. The average molecular weight is 449 g/mol. The van der Waals surface area contributed by atoms with E-state index >= 15 is 0 Å². The number of hydrogen-bond donors (Lipinski definition) is 0. The Morgan fingerprint density at radius 2 is 1.38 bits per heavy atom. The highest BCUT2D eigenvalue weighted by molar-refractivity contribution is 7.98. The smallest absolute Gasteiger partial charge is 0.286 e. The fraction of sp³-hybridized carbons (Fsp3) is 0.727. The first-order chi connectivity index (χ1) is 14.0. The predicted octanol–water partition coefficient (Wildman–Crippen LogP) is 8.42. The Morgan fingerprint density at radius 3 is 1.79 bits per heavy atom. The third-order valence-corrected chi connectivity index (χ3v) is 7.49. The molecule has 4 nitrogen and oxygen atoms in total. The van der Waals surface area contributed by atoms with Gasteiger partial charge in [-0.3, -0.25) is 9.05 Å². The molecule has 0 radical (unpaired) electrons. The summed E-state index contributed by atoms with van der Waals surface area (Å²) in [5, 5.41) is 0. The first-order valence-corrected chi connectivity index (χ1v) is 13.2. The second kappa shape index (κ2) is 15.4. The van der Waals surface area contributed by atoms with E-state index in [1.54, 1.807) is 12.1 Å². The minimum atomic E-state index is -3.73. The second-order valence-electron chi connectivity index (χ2n) is 7.48. The largest absolute Gasteiger partial charge is 0.486 e. The quantitative estimate of drug-likeness (QED) is 0.177. The van der Waals surface area contributed by atoms with Crippen molar-refractivity contribution in [3.05, 3.63) is 30.1 Å². The maximum absolute atomic E-state index is 13.3. The standard InChI is InChI=1S/C22H38FO4PS/c1-5-9-11-19(7-3)17-25-28(24,26-18-20(8-4)12-10-6-2)27-29-22-15-13-21(23)14-16-22/h13-16,19-20H,5-12,17-18H2,1-4H3. The molecule has 0 spiro atoms. The van der Waals surface area contributed by atoms with Crippen LogP contribution in [0.15, 0.2) is 29.2 Å². The molecule has 2 atom stereocenters. The molecule has 168 valence electrons. The van der Waals surface area contributed by atoms with Crippen molar-refractivity contribution in [2.75, 3.05) is 13.2 Å². The van der Waals surface area contributed by atoms with Crippen molar-refractivity contribution in [1.29, 1.82) is 0 Å². The van der Waals surface area contributed by atoms with Crippen molar-refractivity contribution in [1.82, 2.24) is 0 Å². The van der Waals surface area contributed by atoms with E-state index in [1.165, 1.54) is 12.1 Å². The molecule has 0 saturated heterocycles. The van der Waals surface area contributed by atoms with Gasteiger partial charge in [0.15, 0.2) is 0 Å². The second-order valence-corrected chi connectivity index (χ2v) is 10.1. The summed E-state index contributed by atoms with van der Waals surface area (Å²) in [5.74, 6) is 0.329. The number of unbranched alkanes of at least 4 members (excludes halogenated alkanes) is 2. The van der Waals surface area contributed by atoms with Crippen molar-refractivity contribution in [3.8, 4) is 0 Å².